The zero-order chi connectivity index (χ0) is 8.27. The van der Waals surface area contributed by atoms with Crippen LogP contribution in [0.15, 0.2) is 0 Å². The van der Waals surface area contributed by atoms with Crippen LogP contribution in [0.3, 0.4) is 0 Å². The van der Waals surface area contributed by atoms with E-state index in [4.69, 9.17) is 4.74 Å². The fourth-order valence-electron chi connectivity index (χ4n) is 1.24. The molecule has 4 nitrogen and oxygen atoms in total. The minimum Gasteiger partial charge on any atom is -0.383 e. The van der Waals surface area contributed by atoms with Crippen molar-refractivity contribution in [2.75, 3.05) is 26.8 Å². The standard InChI is InChI=1S/C7H14N2O2/c1-6(5-11-2)9-4-3-8-7(9)10/h6H,3-5H2,1-2H3,(H,8,10)/t6-/m0/s1. The maximum absolute atomic E-state index is 11.0. The molecule has 0 aromatic heterocycles. The molecule has 1 N–H and O–H groups in total. The maximum Gasteiger partial charge on any atom is 0.317 e. The van der Waals surface area contributed by atoms with Crippen molar-refractivity contribution in [2.24, 2.45) is 0 Å². The number of urea groups is 1. The van der Waals surface area contributed by atoms with E-state index < -0.39 is 0 Å². The molecule has 64 valence electrons. The molecule has 0 aromatic carbocycles. The van der Waals surface area contributed by atoms with Gasteiger partial charge in [0.25, 0.3) is 0 Å². The third kappa shape index (κ3) is 1.83. The summed E-state index contributed by atoms with van der Waals surface area (Å²) in [5.74, 6) is 0. The molecule has 0 bridgehead atoms. The summed E-state index contributed by atoms with van der Waals surface area (Å²) in [6, 6.07) is 0.206. The minimum absolute atomic E-state index is 0.0227. The van der Waals surface area contributed by atoms with Gasteiger partial charge in [0.05, 0.1) is 12.6 Å². The Kier molecular flexibility index (Phi) is 2.70. The van der Waals surface area contributed by atoms with Crippen molar-refractivity contribution in [3.05, 3.63) is 0 Å². The van der Waals surface area contributed by atoms with Gasteiger partial charge >= 0.3 is 6.03 Å². The number of carbonyl (C=O) groups excluding carboxylic acids is 1. The van der Waals surface area contributed by atoms with Crippen LogP contribution in [0.25, 0.3) is 0 Å². The number of amides is 2. The number of rotatable bonds is 3. The van der Waals surface area contributed by atoms with Crippen LogP contribution < -0.4 is 5.32 Å². The predicted octanol–water partition coefficient (Wildman–Crippen LogP) is 0.0465. The molecule has 1 fully saturated rings. The molecule has 1 heterocycles. The Balaban J connectivity index is 2.39. The first-order valence-corrected chi connectivity index (χ1v) is 3.79. The van der Waals surface area contributed by atoms with Gasteiger partial charge in [-0.1, -0.05) is 0 Å². The van der Waals surface area contributed by atoms with Crippen LogP contribution >= 0.6 is 0 Å². The average Bonchev–Trinajstić information content (AvgIpc) is 2.36. The molecule has 1 atom stereocenters. The van der Waals surface area contributed by atoms with Crippen LogP contribution in [0.2, 0.25) is 0 Å². The van der Waals surface area contributed by atoms with E-state index in [0.717, 1.165) is 13.1 Å². The molecule has 4 heteroatoms. The molecular weight excluding hydrogens is 144 g/mol. The van der Waals surface area contributed by atoms with Gasteiger partial charge in [0, 0.05) is 20.2 Å². The van der Waals surface area contributed by atoms with Crippen molar-refractivity contribution in [2.45, 2.75) is 13.0 Å². The van der Waals surface area contributed by atoms with Crippen molar-refractivity contribution < 1.29 is 9.53 Å². The lowest BCUT2D eigenvalue weighted by molar-refractivity contribution is 0.124. The second-order valence-electron chi connectivity index (χ2n) is 2.73. The molecule has 11 heavy (non-hydrogen) atoms. The highest BCUT2D eigenvalue weighted by molar-refractivity contribution is 5.76. The van der Waals surface area contributed by atoms with E-state index in [1.165, 1.54) is 0 Å². The molecule has 1 aliphatic heterocycles. The average molecular weight is 158 g/mol. The summed E-state index contributed by atoms with van der Waals surface area (Å²) in [5.41, 5.74) is 0. The Labute approximate surface area is 66.5 Å². The molecule has 0 radical (unpaired) electrons. The van der Waals surface area contributed by atoms with E-state index in [2.05, 4.69) is 5.32 Å². The number of nitrogens with one attached hydrogen (secondary N) is 1. The number of hydrogen-bond donors (Lipinski definition) is 1. The summed E-state index contributed by atoms with van der Waals surface area (Å²) < 4.78 is 4.94. The predicted molar refractivity (Wildman–Crippen MR) is 41.4 cm³/mol. The fraction of sp³-hybridized carbons (Fsp3) is 0.857. The maximum atomic E-state index is 11.0. The molecule has 0 saturated carbocycles. The second kappa shape index (κ2) is 3.57. The van der Waals surface area contributed by atoms with Gasteiger partial charge in [0.1, 0.15) is 0 Å². The Morgan fingerprint density at radius 2 is 2.55 bits per heavy atom. The SMILES string of the molecule is COC[C@H](C)N1CCNC1=O. The molecule has 1 saturated heterocycles. The van der Waals surface area contributed by atoms with Gasteiger partial charge in [-0.3, -0.25) is 0 Å². The topological polar surface area (TPSA) is 41.6 Å². The summed E-state index contributed by atoms with van der Waals surface area (Å²) in [6.07, 6.45) is 0. The zero-order valence-electron chi connectivity index (χ0n) is 6.96. The Bertz CT molecular complexity index is 149. The van der Waals surface area contributed by atoms with E-state index in [1.54, 1.807) is 12.0 Å². The van der Waals surface area contributed by atoms with Crippen LogP contribution in [0, 0.1) is 0 Å². The van der Waals surface area contributed by atoms with Crippen LogP contribution in [-0.4, -0.2) is 43.8 Å². The van der Waals surface area contributed by atoms with Crippen molar-refractivity contribution in [3.63, 3.8) is 0 Å². The third-order valence-electron chi connectivity index (χ3n) is 1.83. The highest BCUT2D eigenvalue weighted by atomic mass is 16.5. The van der Waals surface area contributed by atoms with Gasteiger partial charge in [-0.25, -0.2) is 4.79 Å². The summed E-state index contributed by atoms with van der Waals surface area (Å²) >= 11 is 0. The monoisotopic (exact) mass is 158 g/mol. The lowest BCUT2D eigenvalue weighted by Gasteiger charge is -2.21. The third-order valence-corrected chi connectivity index (χ3v) is 1.83. The van der Waals surface area contributed by atoms with E-state index >= 15 is 0 Å². The lowest BCUT2D eigenvalue weighted by atomic mass is 10.3. The fourth-order valence-corrected chi connectivity index (χ4v) is 1.24. The Morgan fingerprint density at radius 3 is 3.00 bits per heavy atom. The number of ether oxygens (including phenoxy) is 1. The van der Waals surface area contributed by atoms with Crippen LogP contribution in [0.1, 0.15) is 6.92 Å². The smallest absolute Gasteiger partial charge is 0.317 e. The quantitative estimate of drug-likeness (QED) is 0.630. The second-order valence-corrected chi connectivity index (χ2v) is 2.73. The number of carbonyl (C=O) groups is 1. The Hall–Kier alpha value is -0.770. The van der Waals surface area contributed by atoms with E-state index in [0.29, 0.717) is 6.61 Å². The van der Waals surface area contributed by atoms with Crippen LogP contribution in [0.4, 0.5) is 4.79 Å². The molecule has 0 spiro atoms. The normalized spacial score (nSPS) is 20.2. The van der Waals surface area contributed by atoms with E-state index in [1.807, 2.05) is 6.92 Å². The van der Waals surface area contributed by atoms with Crippen LogP contribution in [-0.2, 0) is 4.74 Å². The molecule has 1 aliphatic rings. The highest BCUT2D eigenvalue weighted by Gasteiger charge is 2.23. The lowest BCUT2D eigenvalue weighted by Crippen LogP contribution is -2.38. The van der Waals surface area contributed by atoms with E-state index in [9.17, 15) is 4.79 Å². The molecule has 1 rings (SSSR count). The molecule has 0 unspecified atom stereocenters. The summed E-state index contributed by atoms with van der Waals surface area (Å²) in [5, 5.41) is 2.74. The first-order valence-electron chi connectivity index (χ1n) is 3.79. The van der Waals surface area contributed by atoms with Gasteiger partial charge in [-0.2, -0.15) is 0 Å². The summed E-state index contributed by atoms with van der Waals surface area (Å²) in [4.78, 5) is 12.8. The number of nitrogens with zero attached hydrogens (tertiary/aromatic N) is 1. The molecule has 0 aromatic rings. The summed E-state index contributed by atoms with van der Waals surface area (Å²) in [7, 11) is 1.64. The van der Waals surface area contributed by atoms with Gasteiger partial charge in [0.2, 0.25) is 0 Å². The number of methoxy groups -OCH3 is 1. The number of hydrogen-bond acceptors (Lipinski definition) is 2. The first-order chi connectivity index (χ1) is 5.25. The Morgan fingerprint density at radius 1 is 1.82 bits per heavy atom. The van der Waals surface area contributed by atoms with Crippen molar-refractivity contribution in [1.82, 2.24) is 10.2 Å². The van der Waals surface area contributed by atoms with E-state index in [-0.39, 0.29) is 12.1 Å². The van der Waals surface area contributed by atoms with Crippen molar-refractivity contribution in [1.29, 1.82) is 0 Å². The van der Waals surface area contributed by atoms with Gasteiger partial charge < -0.3 is 15.0 Å². The largest absolute Gasteiger partial charge is 0.383 e. The first kappa shape index (κ1) is 8.33. The summed E-state index contributed by atoms with van der Waals surface area (Å²) in [6.45, 7) is 4.14. The highest BCUT2D eigenvalue weighted by Crippen LogP contribution is 2.03. The minimum atomic E-state index is 0.0227. The van der Waals surface area contributed by atoms with Crippen molar-refractivity contribution in [3.8, 4) is 0 Å². The van der Waals surface area contributed by atoms with Gasteiger partial charge in [0.15, 0.2) is 0 Å². The molecule has 0 aliphatic carbocycles. The zero-order valence-corrected chi connectivity index (χ0v) is 6.96. The molecular formula is C7H14N2O2. The van der Waals surface area contributed by atoms with Gasteiger partial charge in [-0.05, 0) is 6.92 Å². The van der Waals surface area contributed by atoms with Crippen LogP contribution in [0.5, 0.6) is 0 Å². The van der Waals surface area contributed by atoms with Gasteiger partial charge in [-0.15, -0.1) is 0 Å². The van der Waals surface area contributed by atoms with Crippen molar-refractivity contribution >= 4 is 6.03 Å². The molecule has 2 amide bonds.